The van der Waals surface area contributed by atoms with Crippen molar-refractivity contribution in [2.75, 3.05) is 20.1 Å². The zero-order chi connectivity index (χ0) is 32.8. The molecule has 0 aliphatic carbocycles. The standard InChI is InChI=1S/C31H47F2N5O6/c1-5-7-8-9-10-13-26(39)38-16-11-12-25(38)31(43)37(4)27(20(3)6-2)30(42)35-24(29(41)36-44)14-15-34-28(40)21-17-22(32)19-23(33)18-21/h17-20,24-25,27,44H,5-16H2,1-4H3,(H,34,40)(H,35,42)(H,36,41)/t20?,24-,25?,27-/m0/s1. The summed E-state index contributed by atoms with van der Waals surface area (Å²) in [6, 6.07) is -0.631. The van der Waals surface area contributed by atoms with Crippen molar-refractivity contribution in [1.29, 1.82) is 0 Å². The smallest absolute Gasteiger partial charge is 0.265 e. The molecule has 44 heavy (non-hydrogen) atoms. The Morgan fingerprint density at radius 3 is 2.30 bits per heavy atom. The monoisotopic (exact) mass is 623 g/mol. The topological polar surface area (TPSA) is 148 Å². The van der Waals surface area contributed by atoms with Crippen molar-refractivity contribution in [3.8, 4) is 0 Å². The van der Waals surface area contributed by atoms with Gasteiger partial charge in [0.05, 0.1) is 0 Å². The molecule has 246 valence electrons. The number of halogens is 2. The normalized spacial score (nSPS) is 16.5. The van der Waals surface area contributed by atoms with Gasteiger partial charge in [-0.25, -0.2) is 14.3 Å². The first kappa shape index (κ1) is 36.6. The summed E-state index contributed by atoms with van der Waals surface area (Å²) in [7, 11) is 1.50. The third kappa shape index (κ3) is 10.5. The summed E-state index contributed by atoms with van der Waals surface area (Å²) in [4.78, 5) is 67.9. The van der Waals surface area contributed by atoms with Gasteiger partial charge >= 0.3 is 0 Å². The van der Waals surface area contributed by atoms with Crippen LogP contribution in [-0.4, -0.2) is 82.8 Å². The number of nitrogens with one attached hydrogen (secondary N) is 3. The number of unbranched alkanes of at least 4 members (excludes halogenated alkanes) is 4. The molecule has 11 nitrogen and oxygen atoms in total. The molecular formula is C31H47F2N5O6. The third-order valence-electron chi connectivity index (χ3n) is 8.16. The average molecular weight is 624 g/mol. The second-order valence-electron chi connectivity index (χ2n) is 11.4. The molecule has 1 aliphatic rings. The van der Waals surface area contributed by atoms with E-state index in [1.165, 1.54) is 17.4 Å². The van der Waals surface area contributed by atoms with Crippen molar-refractivity contribution in [2.45, 2.75) is 103 Å². The Morgan fingerprint density at radius 1 is 1.02 bits per heavy atom. The highest BCUT2D eigenvalue weighted by atomic mass is 19.1. The quantitative estimate of drug-likeness (QED) is 0.119. The number of amides is 5. The molecule has 1 aromatic carbocycles. The minimum absolute atomic E-state index is 0.0713. The Kier molecular flexibility index (Phi) is 15.2. The largest absolute Gasteiger partial charge is 0.352 e. The number of hydroxylamine groups is 1. The molecule has 13 heteroatoms. The van der Waals surface area contributed by atoms with Crippen molar-refractivity contribution in [2.24, 2.45) is 5.92 Å². The molecule has 0 spiro atoms. The van der Waals surface area contributed by atoms with E-state index < -0.39 is 47.5 Å². The second kappa shape index (κ2) is 18.3. The highest BCUT2D eigenvalue weighted by Crippen LogP contribution is 2.24. The molecule has 1 fully saturated rings. The maximum absolute atomic E-state index is 13.7. The van der Waals surface area contributed by atoms with E-state index in [0.29, 0.717) is 38.3 Å². The molecular weight excluding hydrogens is 576 g/mol. The van der Waals surface area contributed by atoms with Crippen LogP contribution in [0.15, 0.2) is 18.2 Å². The second-order valence-corrected chi connectivity index (χ2v) is 11.4. The van der Waals surface area contributed by atoms with Crippen LogP contribution in [0.4, 0.5) is 8.78 Å². The van der Waals surface area contributed by atoms with E-state index in [2.05, 4.69) is 17.6 Å². The van der Waals surface area contributed by atoms with Crippen LogP contribution >= 0.6 is 0 Å². The number of benzene rings is 1. The summed E-state index contributed by atoms with van der Waals surface area (Å²) in [5, 5.41) is 14.3. The molecule has 0 aromatic heterocycles. The van der Waals surface area contributed by atoms with Crippen LogP contribution < -0.4 is 16.1 Å². The summed E-state index contributed by atoms with van der Waals surface area (Å²) in [6.45, 7) is 6.06. The fraction of sp³-hybridized carbons (Fsp3) is 0.645. The van der Waals surface area contributed by atoms with Gasteiger partial charge in [0.2, 0.25) is 17.7 Å². The molecule has 1 heterocycles. The zero-order valence-electron chi connectivity index (χ0n) is 26.2. The van der Waals surface area contributed by atoms with E-state index >= 15 is 0 Å². The SMILES string of the molecule is CCCCCCCC(=O)N1CCCC1C(=O)N(C)[C@H](C(=O)N[C@@H](CCNC(=O)c1cc(F)cc(F)c1)C(=O)NO)C(C)CC. The summed E-state index contributed by atoms with van der Waals surface area (Å²) < 4.78 is 27.0. The number of rotatable bonds is 17. The number of carbonyl (C=O) groups is 5. The maximum atomic E-state index is 13.7. The number of hydrogen-bond donors (Lipinski definition) is 4. The molecule has 0 radical (unpaired) electrons. The van der Waals surface area contributed by atoms with Crippen molar-refractivity contribution in [1.82, 2.24) is 25.9 Å². The van der Waals surface area contributed by atoms with E-state index in [1.807, 2.05) is 6.92 Å². The molecule has 1 aromatic rings. The van der Waals surface area contributed by atoms with Gasteiger partial charge in [0.25, 0.3) is 11.8 Å². The number of nitrogens with zero attached hydrogens (tertiary/aromatic N) is 2. The van der Waals surface area contributed by atoms with Crippen LogP contribution in [0.2, 0.25) is 0 Å². The molecule has 0 saturated carbocycles. The summed E-state index contributed by atoms with van der Waals surface area (Å²) in [6.07, 6.45) is 6.90. The molecule has 2 unspecified atom stereocenters. The fourth-order valence-electron chi connectivity index (χ4n) is 5.48. The summed E-state index contributed by atoms with van der Waals surface area (Å²) in [5.41, 5.74) is 1.23. The molecule has 0 bridgehead atoms. The van der Waals surface area contributed by atoms with Crippen molar-refractivity contribution in [3.63, 3.8) is 0 Å². The summed E-state index contributed by atoms with van der Waals surface area (Å²) >= 11 is 0. The highest BCUT2D eigenvalue weighted by molar-refractivity contribution is 5.95. The summed E-state index contributed by atoms with van der Waals surface area (Å²) in [5.74, 6) is -5.00. The first-order chi connectivity index (χ1) is 20.9. The average Bonchev–Trinajstić information content (AvgIpc) is 3.49. The van der Waals surface area contributed by atoms with Crippen LogP contribution in [0.25, 0.3) is 0 Å². The van der Waals surface area contributed by atoms with Crippen LogP contribution in [0.1, 0.15) is 95.3 Å². The van der Waals surface area contributed by atoms with Gasteiger partial charge < -0.3 is 20.4 Å². The molecule has 5 amide bonds. The van der Waals surface area contributed by atoms with Crippen LogP contribution in [0.5, 0.6) is 0 Å². The minimum Gasteiger partial charge on any atom is -0.352 e. The molecule has 4 atom stereocenters. The lowest BCUT2D eigenvalue weighted by Crippen LogP contribution is -2.58. The van der Waals surface area contributed by atoms with Crippen LogP contribution in [0, 0.1) is 17.6 Å². The van der Waals surface area contributed by atoms with Gasteiger partial charge in [-0.05, 0) is 43.7 Å². The van der Waals surface area contributed by atoms with Gasteiger partial charge in [-0.1, -0.05) is 52.9 Å². The molecule has 1 aliphatic heterocycles. The Morgan fingerprint density at radius 2 is 1.68 bits per heavy atom. The lowest BCUT2D eigenvalue weighted by atomic mass is 9.95. The van der Waals surface area contributed by atoms with Crippen LogP contribution in [0.3, 0.4) is 0 Å². The van der Waals surface area contributed by atoms with E-state index in [1.54, 1.807) is 11.8 Å². The van der Waals surface area contributed by atoms with Gasteiger partial charge in [0, 0.05) is 38.2 Å². The number of likely N-dealkylation sites (N-methyl/N-ethyl adjacent to an activating group) is 1. The Bertz CT molecular complexity index is 1130. The highest BCUT2D eigenvalue weighted by Gasteiger charge is 2.40. The van der Waals surface area contributed by atoms with Gasteiger partial charge in [0.1, 0.15) is 29.8 Å². The van der Waals surface area contributed by atoms with Crippen molar-refractivity contribution < 1.29 is 38.0 Å². The molecule has 4 N–H and O–H groups in total. The van der Waals surface area contributed by atoms with Gasteiger partial charge in [-0.15, -0.1) is 0 Å². The Balaban J connectivity index is 2.08. The van der Waals surface area contributed by atoms with Gasteiger partial charge in [0.15, 0.2) is 0 Å². The molecule has 2 rings (SSSR count). The van der Waals surface area contributed by atoms with Crippen molar-refractivity contribution in [3.05, 3.63) is 35.4 Å². The first-order valence-electron chi connectivity index (χ1n) is 15.5. The van der Waals surface area contributed by atoms with Gasteiger partial charge in [-0.2, -0.15) is 0 Å². The lowest BCUT2D eigenvalue weighted by Gasteiger charge is -2.36. The minimum atomic E-state index is -1.30. The van der Waals surface area contributed by atoms with Crippen LogP contribution in [-0.2, 0) is 19.2 Å². The van der Waals surface area contributed by atoms with E-state index in [-0.39, 0.29) is 36.3 Å². The first-order valence-corrected chi connectivity index (χ1v) is 15.5. The number of hydrogen-bond acceptors (Lipinski definition) is 6. The predicted octanol–water partition coefficient (Wildman–Crippen LogP) is 3.30. The number of likely N-dealkylation sites (tertiary alicyclic amines) is 1. The number of carbonyl (C=O) groups excluding carboxylic acids is 5. The Hall–Kier alpha value is -3.61. The fourth-order valence-corrected chi connectivity index (χ4v) is 5.48. The lowest BCUT2D eigenvalue weighted by molar-refractivity contribution is -0.148. The third-order valence-corrected chi connectivity index (χ3v) is 8.16. The maximum Gasteiger partial charge on any atom is 0.265 e. The van der Waals surface area contributed by atoms with Gasteiger partial charge in [-0.3, -0.25) is 29.2 Å². The van der Waals surface area contributed by atoms with E-state index in [9.17, 15) is 38.0 Å². The predicted molar refractivity (Wildman–Crippen MR) is 159 cm³/mol. The van der Waals surface area contributed by atoms with E-state index in [4.69, 9.17) is 0 Å². The Labute approximate surface area is 258 Å². The van der Waals surface area contributed by atoms with E-state index in [0.717, 1.165) is 44.2 Å². The molecule has 1 saturated heterocycles. The van der Waals surface area contributed by atoms with Crippen molar-refractivity contribution >= 4 is 29.5 Å². The zero-order valence-corrected chi connectivity index (χ0v) is 26.2.